The van der Waals surface area contributed by atoms with E-state index >= 15 is 0 Å². The molecule has 14 heavy (non-hydrogen) atoms. The summed E-state index contributed by atoms with van der Waals surface area (Å²) >= 11 is 0. The molecule has 2 bridgehead atoms. The van der Waals surface area contributed by atoms with Crippen molar-refractivity contribution in [2.75, 3.05) is 0 Å². The molecule has 6 atom stereocenters. The van der Waals surface area contributed by atoms with Crippen molar-refractivity contribution in [1.82, 2.24) is 0 Å². The van der Waals surface area contributed by atoms with Gasteiger partial charge in [-0.15, -0.1) is 0 Å². The van der Waals surface area contributed by atoms with E-state index in [9.17, 15) is 10.2 Å². The quantitative estimate of drug-likeness (QED) is 0.564. The normalized spacial score (nSPS) is 54.6. The highest BCUT2D eigenvalue weighted by Crippen LogP contribution is 2.53. The maximum Gasteiger partial charge on any atom is 0.0786 e. The summed E-state index contributed by atoms with van der Waals surface area (Å²) in [4.78, 5) is 0. The van der Waals surface area contributed by atoms with Crippen molar-refractivity contribution in [3.05, 3.63) is 23.8 Å². The third-order valence-corrected chi connectivity index (χ3v) is 4.24. The number of allylic oxidation sites excluding steroid dienone is 2. The molecule has 1 fully saturated rings. The highest BCUT2D eigenvalue weighted by molar-refractivity contribution is 5.26. The van der Waals surface area contributed by atoms with Crippen LogP contribution in [0.3, 0.4) is 0 Å². The molecule has 3 rings (SSSR count). The molecule has 0 aromatic carbocycles. The minimum Gasteiger partial charge on any atom is -0.389 e. The molecule has 2 heteroatoms. The summed E-state index contributed by atoms with van der Waals surface area (Å²) < 4.78 is 0. The van der Waals surface area contributed by atoms with Crippen LogP contribution in [0.25, 0.3) is 0 Å². The first-order valence-electron chi connectivity index (χ1n) is 5.41. The van der Waals surface area contributed by atoms with Gasteiger partial charge in [-0.25, -0.2) is 0 Å². The number of hydrogen-bond donors (Lipinski definition) is 2. The van der Waals surface area contributed by atoms with E-state index in [0.29, 0.717) is 11.8 Å². The zero-order valence-electron chi connectivity index (χ0n) is 8.30. The van der Waals surface area contributed by atoms with Crippen molar-refractivity contribution >= 4 is 0 Å². The van der Waals surface area contributed by atoms with Crippen LogP contribution in [0.5, 0.6) is 0 Å². The third-order valence-electron chi connectivity index (χ3n) is 4.24. The minimum atomic E-state index is -0.344. The van der Waals surface area contributed by atoms with Crippen LogP contribution < -0.4 is 0 Å². The van der Waals surface area contributed by atoms with Crippen LogP contribution >= 0.6 is 0 Å². The minimum absolute atomic E-state index is 0.267. The van der Waals surface area contributed by atoms with Crippen molar-refractivity contribution in [1.29, 1.82) is 0 Å². The SMILES string of the molecule is CC1=CC(O)C2C3C=CC(C3)C2C1O. The smallest absolute Gasteiger partial charge is 0.0786 e. The van der Waals surface area contributed by atoms with E-state index in [4.69, 9.17) is 0 Å². The van der Waals surface area contributed by atoms with Gasteiger partial charge in [0.2, 0.25) is 0 Å². The van der Waals surface area contributed by atoms with Gasteiger partial charge in [0.15, 0.2) is 0 Å². The van der Waals surface area contributed by atoms with Crippen LogP contribution in [0.15, 0.2) is 23.8 Å². The zero-order valence-corrected chi connectivity index (χ0v) is 8.30. The predicted octanol–water partition coefficient (Wildman–Crippen LogP) is 1.11. The zero-order chi connectivity index (χ0) is 9.87. The van der Waals surface area contributed by atoms with E-state index in [0.717, 1.165) is 12.0 Å². The summed E-state index contributed by atoms with van der Waals surface area (Å²) in [7, 11) is 0. The van der Waals surface area contributed by atoms with Gasteiger partial charge < -0.3 is 10.2 Å². The Bertz CT molecular complexity index is 318. The van der Waals surface area contributed by atoms with Gasteiger partial charge in [0.05, 0.1) is 12.2 Å². The second-order valence-corrected chi connectivity index (χ2v) is 4.95. The summed E-state index contributed by atoms with van der Waals surface area (Å²) in [5, 5.41) is 20.0. The largest absolute Gasteiger partial charge is 0.389 e. The lowest BCUT2D eigenvalue weighted by atomic mass is 9.71. The number of rotatable bonds is 0. The predicted molar refractivity (Wildman–Crippen MR) is 53.5 cm³/mol. The Morgan fingerprint density at radius 3 is 2.50 bits per heavy atom. The molecule has 6 unspecified atom stereocenters. The van der Waals surface area contributed by atoms with Crippen LogP contribution in [-0.2, 0) is 0 Å². The van der Waals surface area contributed by atoms with Gasteiger partial charge >= 0.3 is 0 Å². The Kier molecular flexibility index (Phi) is 1.68. The topological polar surface area (TPSA) is 40.5 Å². The summed E-state index contributed by atoms with van der Waals surface area (Å²) in [6.07, 6.45) is 6.73. The molecule has 76 valence electrons. The highest BCUT2D eigenvalue weighted by atomic mass is 16.3. The van der Waals surface area contributed by atoms with Gasteiger partial charge in [-0.05, 0) is 30.8 Å². The molecule has 2 nitrogen and oxygen atoms in total. The first kappa shape index (κ1) is 8.69. The van der Waals surface area contributed by atoms with Gasteiger partial charge in [-0.3, -0.25) is 0 Å². The van der Waals surface area contributed by atoms with Gasteiger partial charge in [-0.1, -0.05) is 18.2 Å². The highest BCUT2D eigenvalue weighted by Gasteiger charge is 2.52. The molecular formula is C12H16O2. The van der Waals surface area contributed by atoms with Crippen molar-refractivity contribution in [2.24, 2.45) is 23.7 Å². The summed E-state index contributed by atoms with van der Waals surface area (Å²) in [6, 6.07) is 0. The number of fused-ring (bicyclic) bond motifs is 5. The second-order valence-electron chi connectivity index (χ2n) is 4.95. The Hall–Kier alpha value is -0.600. The fourth-order valence-corrected chi connectivity index (χ4v) is 3.61. The van der Waals surface area contributed by atoms with Crippen molar-refractivity contribution < 1.29 is 10.2 Å². The molecule has 0 aromatic heterocycles. The molecule has 0 aromatic rings. The van der Waals surface area contributed by atoms with Crippen LogP contribution in [0.4, 0.5) is 0 Å². The Morgan fingerprint density at radius 2 is 1.79 bits per heavy atom. The van der Waals surface area contributed by atoms with Crippen LogP contribution in [-0.4, -0.2) is 22.4 Å². The maximum atomic E-state index is 10.1. The van der Waals surface area contributed by atoms with Gasteiger partial charge in [-0.2, -0.15) is 0 Å². The Morgan fingerprint density at radius 1 is 1.14 bits per heavy atom. The van der Waals surface area contributed by atoms with Crippen molar-refractivity contribution in [3.63, 3.8) is 0 Å². The monoisotopic (exact) mass is 192 g/mol. The lowest BCUT2D eigenvalue weighted by molar-refractivity contribution is 0.0205. The molecule has 1 saturated carbocycles. The van der Waals surface area contributed by atoms with E-state index in [1.54, 1.807) is 0 Å². The number of hydrogen-bond acceptors (Lipinski definition) is 2. The van der Waals surface area contributed by atoms with E-state index in [2.05, 4.69) is 12.2 Å². The first-order chi connectivity index (χ1) is 6.68. The molecule has 0 spiro atoms. The molecule has 0 heterocycles. The number of aliphatic hydroxyl groups excluding tert-OH is 2. The third kappa shape index (κ3) is 0.931. The standard InChI is InChI=1S/C12H16O2/c1-6-4-9(13)10-7-2-3-8(5-7)11(10)12(6)14/h2-4,7-14H,5H2,1H3. The molecular weight excluding hydrogens is 176 g/mol. The number of aliphatic hydroxyl groups is 2. The molecule has 0 aliphatic heterocycles. The first-order valence-corrected chi connectivity index (χ1v) is 5.41. The van der Waals surface area contributed by atoms with Gasteiger partial charge in [0.25, 0.3) is 0 Å². The lowest BCUT2D eigenvalue weighted by Crippen LogP contribution is -2.41. The lowest BCUT2D eigenvalue weighted by Gasteiger charge is -2.38. The van der Waals surface area contributed by atoms with Crippen molar-refractivity contribution in [2.45, 2.75) is 25.6 Å². The van der Waals surface area contributed by atoms with Crippen LogP contribution in [0, 0.1) is 23.7 Å². The summed E-state index contributed by atoms with van der Waals surface area (Å²) in [5.41, 5.74) is 0.944. The summed E-state index contributed by atoms with van der Waals surface area (Å²) in [6.45, 7) is 1.92. The molecule has 2 N–H and O–H groups in total. The Labute approximate surface area is 83.9 Å². The second kappa shape index (κ2) is 2.71. The maximum absolute atomic E-state index is 10.1. The van der Waals surface area contributed by atoms with Crippen LogP contribution in [0.2, 0.25) is 0 Å². The Balaban J connectivity index is 2.01. The molecule has 3 aliphatic rings. The fourth-order valence-electron chi connectivity index (χ4n) is 3.61. The van der Waals surface area contributed by atoms with Gasteiger partial charge in [0.1, 0.15) is 0 Å². The van der Waals surface area contributed by atoms with Crippen molar-refractivity contribution in [3.8, 4) is 0 Å². The van der Waals surface area contributed by atoms with E-state index in [-0.39, 0.29) is 24.0 Å². The van der Waals surface area contributed by atoms with E-state index in [1.807, 2.05) is 13.0 Å². The molecule has 3 aliphatic carbocycles. The van der Waals surface area contributed by atoms with Gasteiger partial charge in [0, 0.05) is 11.8 Å². The molecule has 0 amide bonds. The summed E-state index contributed by atoms with van der Waals surface area (Å²) in [5.74, 6) is 1.53. The van der Waals surface area contributed by atoms with E-state index in [1.165, 1.54) is 0 Å². The fraction of sp³-hybridized carbons (Fsp3) is 0.667. The molecule has 0 radical (unpaired) electrons. The van der Waals surface area contributed by atoms with Crippen LogP contribution in [0.1, 0.15) is 13.3 Å². The average molecular weight is 192 g/mol. The molecule has 0 saturated heterocycles. The van der Waals surface area contributed by atoms with E-state index < -0.39 is 0 Å². The average Bonchev–Trinajstić information content (AvgIpc) is 2.73.